The number of hydrogen-bond acceptors (Lipinski definition) is 3. The maximum atomic E-state index is 12.8. The number of aromatic nitrogens is 1. The van der Waals surface area contributed by atoms with E-state index in [1.807, 2.05) is 47.0 Å². The highest BCUT2D eigenvalue weighted by atomic mass is 16.3. The van der Waals surface area contributed by atoms with Crippen LogP contribution in [0.3, 0.4) is 0 Å². The molecule has 2 heterocycles. The van der Waals surface area contributed by atoms with E-state index in [1.165, 1.54) is 0 Å². The maximum Gasteiger partial charge on any atom is 0.215 e. The van der Waals surface area contributed by atoms with Gasteiger partial charge in [-0.15, -0.1) is 0 Å². The van der Waals surface area contributed by atoms with Gasteiger partial charge in [0.15, 0.2) is 5.75 Å². The fourth-order valence-corrected chi connectivity index (χ4v) is 3.30. The molecule has 2 aromatic carbocycles. The molecule has 0 aliphatic carbocycles. The van der Waals surface area contributed by atoms with E-state index >= 15 is 0 Å². The smallest absolute Gasteiger partial charge is 0.215 e. The predicted octanol–water partition coefficient (Wildman–Crippen LogP) is 4.46. The van der Waals surface area contributed by atoms with Crippen molar-refractivity contribution in [2.75, 3.05) is 0 Å². The molecule has 0 saturated carbocycles. The second kappa shape index (κ2) is 5.64. The topological polar surface area (TPSA) is 54.6 Å². The Morgan fingerprint density at radius 2 is 1.83 bits per heavy atom. The molecular formula is C20H18N2O2. The molecule has 3 aromatic rings. The molecule has 24 heavy (non-hydrogen) atoms. The lowest BCUT2D eigenvalue weighted by Gasteiger charge is -2.09. The van der Waals surface area contributed by atoms with E-state index in [0.717, 1.165) is 30.3 Å². The summed E-state index contributed by atoms with van der Waals surface area (Å²) in [5.41, 5.74) is 3.07. The van der Waals surface area contributed by atoms with Gasteiger partial charge in [0.1, 0.15) is 11.4 Å². The number of ketones is 1. The average Bonchev–Trinajstić information content (AvgIpc) is 3.08. The summed E-state index contributed by atoms with van der Waals surface area (Å²) in [6.45, 7) is 2.87. The molecule has 0 radical (unpaired) electrons. The van der Waals surface area contributed by atoms with Crippen LogP contribution < -0.4 is 0 Å². The number of Topliss-reactive ketones (excluding diaryl/α,β-unsaturated/α-hetero) is 1. The van der Waals surface area contributed by atoms with E-state index in [9.17, 15) is 9.90 Å². The Bertz CT molecular complexity index is 982. The highest BCUT2D eigenvalue weighted by Gasteiger charge is 2.31. The first-order valence-electron chi connectivity index (χ1n) is 8.25. The standard InChI is InChI=1S/C20H18N2O2/c1-2-3-12-22-16-11-7-5-9-14(16)20(24)18(22)17-19(23)13-8-4-6-10-15(13)21-17/h4-11,24H,2-3,12H2,1H3. The zero-order chi connectivity index (χ0) is 16.7. The van der Waals surface area contributed by atoms with Crippen LogP contribution in [0.15, 0.2) is 53.5 Å². The van der Waals surface area contributed by atoms with Crippen LogP contribution in [0, 0.1) is 0 Å². The fourth-order valence-electron chi connectivity index (χ4n) is 3.30. The third-order valence-electron chi connectivity index (χ3n) is 4.50. The summed E-state index contributed by atoms with van der Waals surface area (Å²) in [4.78, 5) is 17.3. The molecule has 4 rings (SSSR count). The van der Waals surface area contributed by atoms with Crippen molar-refractivity contribution >= 4 is 28.1 Å². The molecule has 1 aliphatic rings. The van der Waals surface area contributed by atoms with Crippen molar-refractivity contribution in [2.24, 2.45) is 4.99 Å². The van der Waals surface area contributed by atoms with Crippen LogP contribution in [0.2, 0.25) is 0 Å². The average molecular weight is 318 g/mol. The van der Waals surface area contributed by atoms with E-state index in [-0.39, 0.29) is 11.5 Å². The van der Waals surface area contributed by atoms with Crippen molar-refractivity contribution in [2.45, 2.75) is 26.3 Å². The second-order valence-corrected chi connectivity index (χ2v) is 6.03. The molecule has 4 nitrogen and oxygen atoms in total. The monoisotopic (exact) mass is 318 g/mol. The highest BCUT2D eigenvalue weighted by Crippen LogP contribution is 2.37. The molecule has 0 unspecified atom stereocenters. The molecule has 4 heteroatoms. The van der Waals surface area contributed by atoms with Gasteiger partial charge in [0.05, 0.1) is 11.2 Å². The Labute approximate surface area is 140 Å². The summed E-state index contributed by atoms with van der Waals surface area (Å²) in [6, 6.07) is 15.0. The van der Waals surface area contributed by atoms with E-state index < -0.39 is 0 Å². The van der Waals surface area contributed by atoms with Gasteiger partial charge in [0, 0.05) is 17.5 Å². The van der Waals surface area contributed by atoms with E-state index in [2.05, 4.69) is 11.9 Å². The molecule has 0 atom stereocenters. The number of para-hydroxylation sites is 2. The largest absolute Gasteiger partial charge is 0.505 e. The van der Waals surface area contributed by atoms with Crippen molar-refractivity contribution < 1.29 is 9.90 Å². The number of benzene rings is 2. The number of aromatic hydroxyl groups is 1. The predicted molar refractivity (Wildman–Crippen MR) is 95.5 cm³/mol. The lowest BCUT2D eigenvalue weighted by Crippen LogP contribution is -2.16. The van der Waals surface area contributed by atoms with Crippen molar-refractivity contribution in [3.63, 3.8) is 0 Å². The van der Waals surface area contributed by atoms with Crippen molar-refractivity contribution in [3.05, 3.63) is 59.8 Å². The van der Waals surface area contributed by atoms with Gasteiger partial charge in [0.25, 0.3) is 0 Å². The van der Waals surface area contributed by atoms with Crippen LogP contribution >= 0.6 is 0 Å². The number of carbonyl (C=O) groups is 1. The lowest BCUT2D eigenvalue weighted by atomic mass is 10.1. The summed E-state index contributed by atoms with van der Waals surface area (Å²) in [7, 11) is 0. The summed E-state index contributed by atoms with van der Waals surface area (Å²) < 4.78 is 2.02. The quantitative estimate of drug-likeness (QED) is 0.772. The van der Waals surface area contributed by atoms with Crippen molar-refractivity contribution in [3.8, 4) is 5.75 Å². The number of rotatable bonds is 4. The summed E-state index contributed by atoms with van der Waals surface area (Å²) >= 11 is 0. The van der Waals surface area contributed by atoms with Gasteiger partial charge in [-0.2, -0.15) is 0 Å². The van der Waals surface area contributed by atoms with Gasteiger partial charge >= 0.3 is 0 Å². The Morgan fingerprint density at radius 1 is 1.08 bits per heavy atom. The lowest BCUT2D eigenvalue weighted by molar-refractivity contribution is 0.106. The first-order valence-corrected chi connectivity index (χ1v) is 8.25. The zero-order valence-corrected chi connectivity index (χ0v) is 13.5. The molecule has 0 amide bonds. The Hall–Kier alpha value is -2.88. The van der Waals surface area contributed by atoms with E-state index in [1.54, 1.807) is 6.07 Å². The third kappa shape index (κ3) is 2.07. The number of carbonyl (C=O) groups excluding carboxylic acids is 1. The number of aryl methyl sites for hydroxylation is 1. The van der Waals surface area contributed by atoms with Crippen LogP contribution in [-0.2, 0) is 6.54 Å². The molecule has 1 aromatic heterocycles. The number of aliphatic imine (C=N–C) groups is 1. The Kier molecular flexibility index (Phi) is 3.45. The van der Waals surface area contributed by atoms with E-state index in [4.69, 9.17) is 0 Å². The minimum atomic E-state index is -0.124. The van der Waals surface area contributed by atoms with Crippen molar-refractivity contribution in [1.82, 2.24) is 4.57 Å². The van der Waals surface area contributed by atoms with Gasteiger partial charge in [-0.05, 0) is 30.7 Å². The molecule has 0 saturated heterocycles. The van der Waals surface area contributed by atoms with Crippen LogP contribution in [-0.4, -0.2) is 21.2 Å². The van der Waals surface area contributed by atoms with Gasteiger partial charge in [-0.1, -0.05) is 37.6 Å². The van der Waals surface area contributed by atoms with Gasteiger partial charge < -0.3 is 9.67 Å². The maximum absolute atomic E-state index is 12.8. The Balaban J connectivity index is 1.94. The molecule has 120 valence electrons. The number of nitrogens with zero attached hydrogens (tertiary/aromatic N) is 2. The molecule has 1 aliphatic heterocycles. The summed E-state index contributed by atoms with van der Waals surface area (Å²) in [6.07, 6.45) is 2.01. The normalized spacial score (nSPS) is 13.4. The molecule has 0 bridgehead atoms. The molecule has 0 fully saturated rings. The molecule has 0 spiro atoms. The highest BCUT2D eigenvalue weighted by molar-refractivity contribution is 6.55. The van der Waals surface area contributed by atoms with Crippen LogP contribution in [0.1, 0.15) is 35.8 Å². The molecular weight excluding hydrogens is 300 g/mol. The van der Waals surface area contributed by atoms with Gasteiger partial charge in [-0.25, -0.2) is 4.99 Å². The van der Waals surface area contributed by atoms with Crippen molar-refractivity contribution in [1.29, 1.82) is 0 Å². The third-order valence-corrected chi connectivity index (χ3v) is 4.50. The first-order chi connectivity index (χ1) is 11.7. The second-order valence-electron chi connectivity index (χ2n) is 6.03. The number of hydrogen-bond donors (Lipinski definition) is 1. The van der Waals surface area contributed by atoms with Gasteiger partial charge in [-0.3, -0.25) is 4.79 Å². The SMILES string of the molecule is CCCCn1c(C2=Nc3ccccc3C2=O)c(O)c2ccccc21. The Morgan fingerprint density at radius 3 is 2.62 bits per heavy atom. The summed E-state index contributed by atoms with van der Waals surface area (Å²) in [5.74, 6) is 0.0167. The minimum Gasteiger partial charge on any atom is -0.505 e. The number of unbranched alkanes of at least 4 members (excludes halogenated alkanes) is 1. The zero-order valence-electron chi connectivity index (χ0n) is 13.5. The van der Waals surface area contributed by atoms with Crippen LogP contribution in [0.5, 0.6) is 5.75 Å². The van der Waals surface area contributed by atoms with E-state index in [0.29, 0.717) is 22.7 Å². The van der Waals surface area contributed by atoms with Gasteiger partial charge in [0.2, 0.25) is 5.78 Å². The molecule has 1 N–H and O–H groups in total. The van der Waals surface area contributed by atoms with Crippen LogP contribution in [0.4, 0.5) is 5.69 Å². The minimum absolute atomic E-state index is 0.124. The summed E-state index contributed by atoms with van der Waals surface area (Å²) in [5, 5.41) is 11.5. The first kappa shape index (κ1) is 14.7. The number of fused-ring (bicyclic) bond motifs is 2. The van der Waals surface area contributed by atoms with Crippen LogP contribution in [0.25, 0.3) is 10.9 Å². The fraction of sp³-hybridized carbons (Fsp3) is 0.200.